The van der Waals surface area contributed by atoms with Crippen molar-refractivity contribution in [2.75, 3.05) is 33.2 Å². The molecule has 2 nitrogen and oxygen atoms in total. The molecule has 2 heterocycles. The number of nitrogens with zero attached hydrogens (tertiary/aromatic N) is 1. The highest BCUT2D eigenvalue weighted by Gasteiger charge is 2.30. The molecule has 1 saturated heterocycles. The maximum absolute atomic E-state index is 3.52. The van der Waals surface area contributed by atoms with E-state index in [0.717, 1.165) is 26.2 Å². The molecule has 1 atom stereocenters. The van der Waals surface area contributed by atoms with Crippen LogP contribution in [0.1, 0.15) is 11.8 Å². The summed E-state index contributed by atoms with van der Waals surface area (Å²) in [7, 11) is 2.21. The molecule has 0 saturated carbocycles. The van der Waals surface area contributed by atoms with Crippen LogP contribution in [0.3, 0.4) is 0 Å². The van der Waals surface area contributed by atoms with Crippen LogP contribution in [0.4, 0.5) is 0 Å². The van der Waals surface area contributed by atoms with E-state index < -0.39 is 0 Å². The Morgan fingerprint density at radius 1 is 1.57 bits per heavy atom. The third kappa shape index (κ3) is 2.00. The highest BCUT2D eigenvalue weighted by atomic mass is 32.1. The lowest BCUT2D eigenvalue weighted by atomic mass is 9.88. The molecule has 1 aliphatic heterocycles. The largest absolute Gasteiger partial charge is 0.315 e. The van der Waals surface area contributed by atoms with Crippen LogP contribution < -0.4 is 5.32 Å². The number of hydrogen-bond acceptors (Lipinski definition) is 3. The van der Waals surface area contributed by atoms with Gasteiger partial charge in [0.25, 0.3) is 0 Å². The first-order chi connectivity index (χ1) is 6.71. The lowest BCUT2D eigenvalue weighted by molar-refractivity contribution is 0.293. The van der Waals surface area contributed by atoms with E-state index in [-0.39, 0.29) is 0 Å². The fraction of sp³-hybridized carbons (Fsp3) is 0.636. The molecular formula is C11H18N2S. The molecule has 2 rings (SSSR count). The van der Waals surface area contributed by atoms with Crippen molar-refractivity contribution < 1.29 is 0 Å². The summed E-state index contributed by atoms with van der Waals surface area (Å²) in [5.41, 5.74) is 0.291. The van der Waals surface area contributed by atoms with Gasteiger partial charge in [-0.2, -0.15) is 0 Å². The predicted octanol–water partition coefficient (Wildman–Crippen LogP) is 1.54. The fourth-order valence-electron chi connectivity index (χ4n) is 2.15. The Labute approximate surface area is 89.9 Å². The summed E-state index contributed by atoms with van der Waals surface area (Å²) in [5, 5.41) is 5.69. The Kier molecular flexibility index (Phi) is 2.91. The molecular weight excluding hydrogens is 192 g/mol. The Morgan fingerprint density at radius 2 is 2.43 bits per heavy atom. The molecule has 78 valence electrons. The van der Waals surface area contributed by atoms with Gasteiger partial charge in [0.2, 0.25) is 0 Å². The van der Waals surface area contributed by atoms with Crippen molar-refractivity contribution in [3.63, 3.8) is 0 Å². The average molecular weight is 210 g/mol. The van der Waals surface area contributed by atoms with Gasteiger partial charge < -0.3 is 10.2 Å². The van der Waals surface area contributed by atoms with Crippen molar-refractivity contribution in [1.82, 2.24) is 10.2 Å². The van der Waals surface area contributed by atoms with E-state index in [1.807, 2.05) is 11.3 Å². The van der Waals surface area contributed by atoms with Crippen LogP contribution in [0.15, 0.2) is 17.5 Å². The molecule has 3 heteroatoms. The van der Waals surface area contributed by atoms with E-state index in [2.05, 4.69) is 41.7 Å². The average Bonchev–Trinajstić information content (AvgIpc) is 2.61. The highest BCUT2D eigenvalue weighted by Crippen LogP contribution is 2.28. The molecule has 1 aromatic heterocycles. The molecule has 0 spiro atoms. The first kappa shape index (κ1) is 10.1. The minimum absolute atomic E-state index is 0.291. The van der Waals surface area contributed by atoms with E-state index in [9.17, 15) is 0 Å². The lowest BCUT2D eigenvalue weighted by Gasteiger charge is -2.29. The van der Waals surface area contributed by atoms with Crippen molar-refractivity contribution in [1.29, 1.82) is 0 Å². The summed E-state index contributed by atoms with van der Waals surface area (Å²) in [4.78, 5) is 3.92. The molecule has 1 aliphatic rings. The van der Waals surface area contributed by atoms with Crippen molar-refractivity contribution in [2.24, 2.45) is 0 Å². The van der Waals surface area contributed by atoms with E-state index in [4.69, 9.17) is 0 Å². The van der Waals surface area contributed by atoms with Gasteiger partial charge in [0.05, 0.1) is 0 Å². The topological polar surface area (TPSA) is 15.3 Å². The van der Waals surface area contributed by atoms with Crippen LogP contribution in [-0.2, 0) is 5.41 Å². The van der Waals surface area contributed by atoms with Gasteiger partial charge in [-0.15, -0.1) is 11.3 Å². The van der Waals surface area contributed by atoms with Crippen LogP contribution in [0, 0.1) is 0 Å². The van der Waals surface area contributed by atoms with Gasteiger partial charge in [0, 0.05) is 36.5 Å². The molecule has 0 radical (unpaired) electrons. The zero-order chi connectivity index (χ0) is 10.0. The Balaban J connectivity index is 2.20. The van der Waals surface area contributed by atoms with Gasteiger partial charge in [0.1, 0.15) is 0 Å². The molecule has 0 aromatic carbocycles. The Hall–Kier alpha value is -0.380. The van der Waals surface area contributed by atoms with E-state index in [1.54, 1.807) is 0 Å². The Morgan fingerprint density at radius 3 is 3.14 bits per heavy atom. The number of thiophene rings is 1. The van der Waals surface area contributed by atoms with Crippen molar-refractivity contribution >= 4 is 11.3 Å². The number of nitrogens with one attached hydrogen (secondary N) is 1. The minimum atomic E-state index is 0.291. The number of hydrogen-bond donors (Lipinski definition) is 1. The van der Waals surface area contributed by atoms with Gasteiger partial charge in [0.15, 0.2) is 0 Å². The maximum Gasteiger partial charge on any atom is 0.0270 e. The van der Waals surface area contributed by atoms with Gasteiger partial charge in [-0.25, -0.2) is 0 Å². The molecule has 0 amide bonds. The van der Waals surface area contributed by atoms with Crippen LogP contribution >= 0.6 is 11.3 Å². The summed E-state index contributed by atoms with van der Waals surface area (Å²) < 4.78 is 0. The van der Waals surface area contributed by atoms with E-state index >= 15 is 0 Å². The summed E-state index contributed by atoms with van der Waals surface area (Å²) in [6, 6.07) is 4.40. The predicted molar refractivity (Wildman–Crippen MR) is 62.0 cm³/mol. The summed E-state index contributed by atoms with van der Waals surface area (Å²) >= 11 is 1.87. The van der Waals surface area contributed by atoms with Crippen LogP contribution in [0.2, 0.25) is 0 Å². The van der Waals surface area contributed by atoms with Gasteiger partial charge in [-0.1, -0.05) is 13.0 Å². The van der Waals surface area contributed by atoms with Crippen molar-refractivity contribution in [3.05, 3.63) is 22.4 Å². The molecule has 1 N–H and O–H groups in total. The lowest BCUT2D eigenvalue weighted by Crippen LogP contribution is -2.39. The first-order valence-corrected chi connectivity index (χ1v) is 6.02. The second kappa shape index (κ2) is 4.01. The van der Waals surface area contributed by atoms with Crippen LogP contribution in [-0.4, -0.2) is 38.1 Å². The monoisotopic (exact) mass is 210 g/mol. The molecule has 1 unspecified atom stereocenters. The van der Waals surface area contributed by atoms with Gasteiger partial charge >= 0.3 is 0 Å². The van der Waals surface area contributed by atoms with Crippen molar-refractivity contribution in [3.8, 4) is 0 Å². The zero-order valence-electron chi connectivity index (χ0n) is 8.92. The summed E-state index contributed by atoms with van der Waals surface area (Å²) in [6.45, 7) is 6.87. The van der Waals surface area contributed by atoms with Crippen molar-refractivity contribution in [2.45, 2.75) is 12.3 Å². The SMILES string of the molecule is CN1CCNCC(C)(c2cccs2)C1. The standard InChI is InChI=1S/C11H18N2S/c1-11(10-4-3-7-14-10)8-12-5-6-13(2)9-11/h3-4,7,12H,5-6,8-9H2,1-2H3. The first-order valence-electron chi connectivity index (χ1n) is 5.14. The van der Waals surface area contributed by atoms with Gasteiger partial charge in [-0.05, 0) is 18.5 Å². The second-order valence-corrected chi connectivity index (χ2v) is 5.40. The highest BCUT2D eigenvalue weighted by molar-refractivity contribution is 7.10. The van der Waals surface area contributed by atoms with Crippen LogP contribution in [0.25, 0.3) is 0 Å². The fourth-order valence-corrected chi connectivity index (χ4v) is 3.03. The number of likely N-dealkylation sites (N-methyl/N-ethyl adjacent to an activating group) is 1. The van der Waals surface area contributed by atoms with E-state index in [1.165, 1.54) is 4.88 Å². The van der Waals surface area contributed by atoms with E-state index in [0.29, 0.717) is 5.41 Å². The van der Waals surface area contributed by atoms with Crippen LogP contribution in [0.5, 0.6) is 0 Å². The summed E-state index contributed by atoms with van der Waals surface area (Å²) in [6.07, 6.45) is 0. The molecule has 0 bridgehead atoms. The number of rotatable bonds is 1. The zero-order valence-corrected chi connectivity index (χ0v) is 9.73. The molecule has 1 aromatic rings. The Bertz CT molecular complexity index is 283. The van der Waals surface area contributed by atoms with Gasteiger partial charge in [-0.3, -0.25) is 0 Å². The third-order valence-corrected chi connectivity index (χ3v) is 4.10. The third-order valence-electron chi connectivity index (χ3n) is 2.92. The molecule has 0 aliphatic carbocycles. The second-order valence-electron chi connectivity index (χ2n) is 4.45. The maximum atomic E-state index is 3.52. The summed E-state index contributed by atoms with van der Waals surface area (Å²) in [5.74, 6) is 0. The normalized spacial score (nSPS) is 30.1. The molecule has 14 heavy (non-hydrogen) atoms. The quantitative estimate of drug-likeness (QED) is 0.756. The molecule has 1 fully saturated rings. The smallest absolute Gasteiger partial charge is 0.0270 e. The minimum Gasteiger partial charge on any atom is -0.315 e.